The van der Waals surface area contributed by atoms with Gasteiger partial charge in [0.2, 0.25) is 5.91 Å². The van der Waals surface area contributed by atoms with E-state index < -0.39 is 0 Å². The van der Waals surface area contributed by atoms with Crippen LogP contribution in [0.3, 0.4) is 0 Å². The van der Waals surface area contributed by atoms with E-state index in [1.165, 1.54) is 5.56 Å². The number of nitrogens with zero attached hydrogens (tertiary/aromatic N) is 3. The molecule has 0 bridgehead atoms. The van der Waals surface area contributed by atoms with Gasteiger partial charge in [0.1, 0.15) is 16.5 Å². The fourth-order valence-electron chi connectivity index (χ4n) is 3.09. The Hall–Kier alpha value is -1.69. The van der Waals surface area contributed by atoms with Crippen LogP contribution in [0.4, 0.5) is 5.82 Å². The van der Waals surface area contributed by atoms with Gasteiger partial charge in [0, 0.05) is 13.1 Å². The minimum absolute atomic E-state index is 0.0718. The zero-order valence-corrected chi connectivity index (χ0v) is 14.1. The van der Waals surface area contributed by atoms with Gasteiger partial charge in [0.25, 0.3) is 0 Å². The van der Waals surface area contributed by atoms with Gasteiger partial charge in [0.15, 0.2) is 0 Å². The van der Waals surface area contributed by atoms with E-state index in [0.29, 0.717) is 12.5 Å². The predicted octanol–water partition coefficient (Wildman–Crippen LogP) is 2.51. The lowest BCUT2D eigenvalue weighted by Gasteiger charge is -2.19. The number of nitrogens with two attached hydrogens (primary N) is 1. The van der Waals surface area contributed by atoms with Crippen molar-refractivity contribution in [2.24, 2.45) is 17.6 Å². The topological polar surface area (TPSA) is 72.1 Å². The van der Waals surface area contributed by atoms with Gasteiger partial charge in [-0.25, -0.2) is 9.97 Å². The highest BCUT2D eigenvalue weighted by Gasteiger charge is 2.29. The molecule has 0 saturated carbocycles. The minimum atomic E-state index is -0.211. The lowest BCUT2D eigenvalue weighted by molar-refractivity contribution is -0.121. The third kappa shape index (κ3) is 2.79. The van der Waals surface area contributed by atoms with Gasteiger partial charge in [-0.2, -0.15) is 0 Å². The Balaban J connectivity index is 2.04. The molecule has 2 aromatic heterocycles. The van der Waals surface area contributed by atoms with Gasteiger partial charge in [0.05, 0.1) is 11.3 Å². The van der Waals surface area contributed by atoms with Crippen LogP contribution in [0.25, 0.3) is 10.2 Å². The van der Waals surface area contributed by atoms with Gasteiger partial charge in [-0.3, -0.25) is 4.79 Å². The third-order valence-electron chi connectivity index (χ3n) is 4.12. The van der Waals surface area contributed by atoms with E-state index in [-0.39, 0.29) is 11.8 Å². The van der Waals surface area contributed by atoms with E-state index in [9.17, 15) is 4.79 Å². The molecule has 1 amide bonds. The van der Waals surface area contributed by atoms with Crippen LogP contribution in [0.1, 0.15) is 31.7 Å². The highest BCUT2D eigenvalue weighted by Crippen LogP contribution is 2.35. The number of carbonyl (C=O) groups excluding carboxylic acids is 1. The Kier molecular flexibility index (Phi) is 4.04. The number of anilines is 1. The van der Waals surface area contributed by atoms with E-state index in [2.05, 4.69) is 34.1 Å². The van der Waals surface area contributed by atoms with E-state index in [1.54, 1.807) is 11.3 Å². The molecule has 3 rings (SSSR count). The molecule has 0 spiro atoms. The Morgan fingerprint density at radius 2 is 2.27 bits per heavy atom. The first kappa shape index (κ1) is 15.2. The lowest BCUT2D eigenvalue weighted by Crippen LogP contribution is -2.28. The van der Waals surface area contributed by atoms with Crippen molar-refractivity contribution in [3.8, 4) is 0 Å². The maximum Gasteiger partial charge on any atom is 0.222 e. The lowest BCUT2D eigenvalue weighted by atomic mass is 10.0. The number of hydrogen-bond donors (Lipinski definition) is 1. The fourth-order valence-corrected chi connectivity index (χ4v) is 4.08. The van der Waals surface area contributed by atoms with E-state index in [0.717, 1.165) is 41.2 Å². The average Bonchev–Trinajstić information content (AvgIpc) is 3.05. The first-order chi connectivity index (χ1) is 10.5. The number of hydrogen-bond acceptors (Lipinski definition) is 5. The van der Waals surface area contributed by atoms with Crippen molar-refractivity contribution in [1.82, 2.24) is 9.97 Å². The first-order valence-electron chi connectivity index (χ1n) is 7.74. The summed E-state index contributed by atoms with van der Waals surface area (Å²) in [6, 6.07) is 0. The Bertz CT molecular complexity index is 709. The SMILES string of the molecule is Cc1nc(N2CC[C@H](C(N)=O)C2)c2c(CC(C)C)csc2n1. The molecule has 118 valence electrons. The van der Waals surface area contributed by atoms with Crippen LogP contribution in [0.15, 0.2) is 5.38 Å². The molecule has 1 atom stereocenters. The highest BCUT2D eigenvalue weighted by atomic mass is 32.1. The van der Waals surface area contributed by atoms with Crippen LogP contribution in [-0.4, -0.2) is 29.0 Å². The summed E-state index contributed by atoms with van der Waals surface area (Å²) in [6.07, 6.45) is 1.83. The molecular formula is C16H22N4OS. The van der Waals surface area contributed by atoms with Gasteiger partial charge < -0.3 is 10.6 Å². The summed E-state index contributed by atoms with van der Waals surface area (Å²) >= 11 is 1.68. The van der Waals surface area contributed by atoms with Crippen LogP contribution in [-0.2, 0) is 11.2 Å². The molecule has 5 nitrogen and oxygen atoms in total. The number of rotatable bonds is 4. The highest BCUT2D eigenvalue weighted by molar-refractivity contribution is 7.17. The van der Waals surface area contributed by atoms with Crippen LogP contribution in [0, 0.1) is 18.8 Å². The second kappa shape index (κ2) is 5.83. The smallest absolute Gasteiger partial charge is 0.222 e. The maximum absolute atomic E-state index is 11.4. The van der Waals surface area contributed by atoms with Gasteiger partial charge in [-0.05, 0) is 36.6 Å². The van der Waals surface area contributed by atoms with Crippen molar-refractivity contribution in [2.75, 3.05) is 18.0 Å². The summed E-state index contributed by atoms with van der Waals surface area (Å²) in [6.45, 7) is 7.86. The molecular weight excluding hydrogens is 296 g/mol. The fraction of sp³-hybridized carbons (Fsp3) is 0.562. The van der Waals surface area contributed by atoms with Crippen LogP contribution >= 0.6 is 11.3 Å². The van der Waals surface area contributed by atoms with Gasteiger partial charge in [-0.1, -0.05) is 13.8 Å². The predicted molar refractivity (Wildman–Crippen MR) is 90.2 cm³/mol. The summed E-state index contributed by atoms with van der Waals surface area (Å²) in [5.74, 6) is 2.06. The van der Waals surface area contributed by atoms with Crippen LogP contribution in [0.2, 0.25) is 0 Å². The van der Waals surface area contributed by atoms with Crippen molar-refractivity contribution < 1.29 is 4.79 Å². The summed E-state index contributed by atoms with van der Waals surface area (Å²) < 4.78 is 0. The number of aryl methyl sites for hydroxylation is 1. The monoisotopic (exact) mass is 318 g/mol. The minimum Gasteiger partial charge on any atom is -0.369 e. The number of aromatic nitrogens is 2. The van der Waals surface area contributed by atoms with E-state index in [1.807, 2.05) is 6.92 Å². The molecule has 3 heterocycles. The largest absolute Gasteiger partial charge is 0.369 e. The van der Waals surface area contributed by atoms with Crippen LogP contribution < -0.4 is 10.6 Å². The summed E-state index contributed by atoms with van der Waals surface area (Å²) in [7, 11) is 0. The molecule has 1 fully saturated rings. The maximum atomic E-state index is 11.4. The Morgan fingerprint density at radius 3 is 2.91 bits per heavy atom. The molecule has 1 saturated heterocycles. The number of primary amides is 1. The summed E-state index contributed by atoms with van der Waals surface area (Å²) in [5, 5.41) is 3.36. The van der Waals surface area contributed by atoms with Gasteiger partial charge in [-0.15, -0.1) is 11.3 Å². The molecule has 1 aliphatic rings. The number of thiophene rings is 1. The molecule has 0 aliphatic carbocycles. The molecule has 0 unspecified atom stereocenters. The number of fused-ring (bicyclic) bond motifs is 1. The van der Waals surface area contributed by atoms with Crippen molar-refractivity contribution in [3.05, 3.63) is 16.8 Å². The van der Waals surface area contributed by atoms with Crippen molar-refractivity contribution in [1.29, 1.82) is 0 Å². The second-order valence-corrected chi connectivity index (χ2v) is 7.33. The molecule has 6 heteroatoms. The summed E-state index contributed by atoms with van der Waals surface area (Å²) in [4.78, 5) is 23.9. The zero-order valence-electron chi connectivity index (χ0n) is 13.3. The number of carbonyl (C=O) groups is 1. The Labute approximate surface area is 134 Å². The van der Waals surface area contributed by atoms with Crippen molar-refractivity contribution >= 4 is 33.3 Å². The van der Waals surface area contributed by atoms with E-state index in [4.69, 9.17) is 5.73 Å². The molecule has 2 aromatic rings. The van der Waals surface area contributed by atoms with E-state index >= 15 is 0 Å². The quantitative estimate of drug-likeness (QED) is 0.940. The third-order valence-corrected chi connectivity index (χ3v) is 5.04. The zero-order chi connectivity index (χ0) is 15.9. The summed E-state index contributed by atoms with van der Waals surface area (Å²) in [5.41, 5.74) is 6.77. The first-order valence-corrected chi connectivity index (χ1v) is 8.62. The standard InChI is InChI=1S/C16H22N4OS/c1-9(2)6-12-8-22-16-13(12)15(18-10(3)19-16)20-5-4-11(7-20)14(17)21/h8-9,11H,4-7H2,1-3H3,(H2,17,21)/t11-/m0/s1. The van der Waals surface area contributed by atoms with Crippen molar-refractivity contribution in [3.63, 3.8) is 0 Å². The molecule has 0 aromatic carbocycles. The number of amides is 1. The second-order valence-electron chi connectivity index (χ2n) is 6.47. The van der Waals surface area contributed by atoms with Gasteiger partial charge >= 0.3 is 0 Å². The molecule has 1 aliphatic heterocycles. The molecule has 0 radical (unpaired) electrons. The van der Waals surface area contributed by atoms with Crippen molar-refractivity contribution in [2.45, 2.75) is 33.6 Å². The van der Waals surface area contributed by atoms with Crippen LogP contribution in [0.5, 0.6) is 0 Å². The normalized spacial score (nSPS) is 18.5. The Morgan fingerprint density at radius 1 is 1.50 bits per heavy atom. The molecule has 2 N–H and O–H groups in total. The average molecular weight is 318 g/mol. The molecule has 22 heavy (non-hydrogen) atoms.